The summed E-state index contributed by atoms with van der Waals surface area (Å²) in [6.45, 7) is 6.65. The van der Waals surface area contributed by atoms with Crippen molar-refractivity contribution in [3.8, 4) is 0 Å². The van der Waals surface area contributed by atoms with Gasteiger partial charge in [-0.3, -0.25) is 9.89 Å². The molecule has 1 aliphatic rings. The van der Waals surface area contributed by atoms with E-state index >= 15 is 0 Å². The molecule has 0 bridgehead atoms. The van der Waals surface area contributed by atoms with Crippen molar-refractivity contribution in [3.63, 3.8) is 0 Å². The van der Waals surface area contributed by atoms with Gasteiger partial charge in [-0.2, -0.15) is 5.10 Å². The maximum absolute atomic E-state index is 12.2. The Morgan fingerprint density at radius 3 is 3.13 bits per heavy atom. The van der Waals surface area contributed by atoms with Crippen LogP contribution in [0.15, 0.2) is 24.3 Å². The van der Waals surface area contributed by atoms with Crippen LogP contribution >= 0.6 is 0 Å². The van der Waals surface area contributed by atoms with Gasteiger partial charge in [-0.15, -0.1) is 0 Å². The second kappa shape index (κ2) is 7.59. The van der Waals surface area contributed by atoms with E-state index in [1.54, 1.807) is 0 Å². The molecule has 1 amide bonds. The van der Waals surface area contributed by atoms with Gasteiger partial charge in [0.1, 0.15) is 0 Å². The quantitative estimate of drug-likeness (QED) is 0.806. The number of benzene rings is 1. The van der Waals surface area contributed by atoms with Crippen molar-refractivity contribution in [1.82, 2.24) is 20.4 Å². The predicted octanol–water partition coefficient (Wildman–Crippen LogP) is 2.80. The van der Waals surface area contributed by atoms with Crippen LogP contribution in [0.4, 0.5) is 0 Å². The SMILES string of the molecule is CC1CCCN(CCCCNC(=O)c2n[nH]c3ccccc23)C1. The fourth-order valence-corrected chi connectivity index (χ4v) is 3.37. The summed E-state index contributed by atoms with van der Waals surface area (Å²) < 4.78 is 0. The van der Waals surface area contributed by atoms with E-state index in [-0.39, 0.29) is 5.91 Å². The van der Waals surface area contributed by atoms with Crippen LogP contribution in [0, 0.1) is 5.92 Å². The van der Waals surface area contributed by atoms with Crippen LogP contribution in [-0.4, -0.2) is 47.2 Å². The summed E-state index contributed by atoms with van der Waals surface area (Å²) in [6.07, 6.45) is 4.83. The number of likely N-dealkylation sites (tertiary alicyclic amines) is 1. The molecule has 5 heteroatoms. The average Bonchev–Trinajstić information content (AvgIpc) is 2.98. The lowest BCUT2D eigenvalue weighted by atomic mass is 10.0. The van der Waals surface area contributed by atoms with Crippen LogP contribution in [-0.2, 0) is 0 Å². The summed E-state index contributed by atoms with van der Waals surface area (Å²) in [5.41, 5.74) is 1.39. The largest absolute Gasteiger partial charge is 0.351 e. The van der Waals surface area contributed by atoms with Gasteiger partial charge >= 0.3 is 0 Å². The van der Waals surface area contributed by atoms with Gasteiger partial charge in [-0.25, -0.2) is 0 Å². The van der Waals surface area contributed by atoms with Gasteiger partial charge in [0, 0.05) is 18.5 Å². The Bertz CT molecular complexity index is 651. The monoisotopic (exact) mass is 314 g/mol. The molecule has 1 aromatic heterocycles. The molecule has 5 nitrogen and oxygen atoms in total. The number of H-pyrrole nitrogens is 1. The zero-order chi connectivity index (χ0) is 16.1. The number of aromatic nitrogens is 2. The average molecular weight is 314 g/mol. The van der Waals surface area contributed by atoms with E-state index in [1.165, 1.54) is 25.9 Å². The van der Waals surface area contributed by atoms with E-state index in [4.69, 9.17) is 0 Å². The molecule has 2 N–H and O–H groups in total. The number of hydrogen-bond acceptors (Lipinski definition) is 3. The van der Waals surface area contributed by atoms with Crippen LogP contribution < -0.4 is 5.32 Å². The van der Waals surface area contributed by atoms with E-state index in [9.17, 15) is 4.79 Å². The number of para-hydroxylation sites is 1. The number of hydrogen-bond donors (Lipinski definition) is 2. The standard InChI is InChI=1S/C18H26N4O/c1-14-7-6-12-22(13-14)11-5-4-10-19-18(23)17-15-8-2-3-9-16(15)20-21-17/h2-3,8-9,14H,4-7,10-13H2,1H3,(H,19,23)(H,20,21). The Morgan fingerprint density at radius 1 is 1.39 bits per heavy atom. The number of piperidine rings is 1. The molecule has 1 saturated heterocycles. The third kappa shape index (κ3) is 4.10. The lowest BCUT2D eigenvalue weighted by Gasteiger charge is -2.30. The van der Waals surface area contributed by atoms with Gasteiger partial charge in [0.25, 0.3) is 5.91 Å². The molecule has 0 spiro atoms. The minimum atomic E-state index is -0.0888. The maximum atomic E-state index is 12.2. The highest BCUT2D eigenvalue weighted by Gasteiger charge is 2.16. The summed E-state index contributed by atoms with van der Waals surface area (Å²) in [5.74, 6) is 0.741. The molecule has 1 aromatic carbocycles. The van der Waals surface area contributed by atoms with Crippen molar-refractivity contribution in [3.05, 3.63) is 30.0 Å². The molecule has 2 heterocycles. The third-order valence-electron chi connectivity index (χ3n) is 4.61. The number of rotatable bonds is 6. The van der Waals surface area contributed by atoms with Crippen LogP contribution in [0.3, 0.4) is 0 Å². The van der Waals surface area contributed by atoms with E-state index < -0.39 is 0 Å². The zero-order valence-corrected chi connectivity index (χ0v) is 13.8. The minimum absolute atomic E-state index is 0.0888. The molecule has 1 aliphatic heterocycles. The zero-order valence-electron chi connectivity index (χ0n) is 13.8. The lowest BCUT2D eigenvalue weighted by Crippen LogP contribution is -2.35. The summed E-state index contributed by atoms with van der Waals surface area (Å²) in [4.78, 5) is 14.8. The molecule has 124 valence electrons. The first-order chi connectivity index (χ1) is 11.2. The first-order valence-corrected chi connectivity index (χ1v) is 8.67. The van der Waals surface area contributed by atoms with Gasteiger partial charge in [-0.05, 0) is 50.8 Å². The first-order valence-electron chi connectivity index (χ1n) is 8.67. The third-order valence-corrected chi connectivity index (χ3v) is 4.61. The molecular formula is C18H26N4O. The Labute approximate surface area is 137 Å². The first kappa shape index (κ1) is 16.0. The summed E-state index contributed by atoms with van der Waals surface area (Å²) >= 11 is 0. The summed E-state index contributed by atoms with van der Waals surface area (Å²) in [5, 5.41) is 10.9. The smallest absolute Gasteiger partial charge is 0.272 e. The minimum Gasteiger partial charge on any atom is -0.351 e. The van der Waals surface area contributed by atoms with Crippen LogP contribution in [0.2, 0.25) is 0 Å². The second-order valence-electron chi connectivity index (χ2n) is 6.63. The van der Waals surface area contributed by atoms with E-state index in [1.807, 2.05) is 24.3 Å². The number of carbonyl (C=O) groups is 1. The van der Waals surface area contributed by atoms with Crippen molar-refractivity contribution in [2.24, 2.45) is 5.92 Å². The normalized spacial score (nSPS) is 19.1. The highest BCUT2D eigenvalue weighted by molar-refractivity contribution is 6.04. The molecule has 1 unspecified atom stereocenters. The van der Waals surface area contributed by atoms with Crippen molar-refractivity contribution in [1.29, 1.82) is 0 Å². The fraction of sp³-hybridized carbons (Fsp3) is 0.556. The second-order valence-corrected chi connectivity index (χ2v) is 6.63. The maximum Gasteiger partial charge on any atom is 0.272 e. The van der Waals surface area contributed by atoms with Crippen LogP contribution in [0.25, 0.3) is 10.9 Å². The van der Waals surface area contributed by atoms with Gasteiger partial charge < -0.3 is 10.2 Å². The Morgan fingerprint density at radius 2 is 2.26 bits per heavy atom. The number of nitrogens with one attached hydrogen (secondary N) is 2. The number of nitrogens with zero attached hydrogens (tertiary/aromatic N) is 2. The number of amides is 1. The van der Waals surface area contributed by atoms with E-state index in [2.05, 4.69) is 27.3 Å². The van der Waals surface area contributed by atoms with Crippen molar-refractivity contribution >= 4 is 16.8 Å². The molecule has 0 saturated carbocycles. The highest BCUT2D eigenvalue weighted by Crippen LogP contribution is 2.16. The van der Waals surface area contributed by atoms with Gasteiger partial charge in [0.15, 0.2) is 5.69 Å². The number of aromatic amines is 1. The molecule has 1 atom stereocenters. The number of unbranched alkanes of at least 4 members (excludes halogenated alkanes) is 1. The van der Waals surface area contributed by atoms with E-state index in [0.717, 1.165) is 36.2 Å². The van der Waals surface area contributed by atoms with Gasteiger partial charge in [0.05, 0.1) is 5.52 Å². The molecule has 0 aliphatic carbocycles. The number of fused-ring (bicyclic) bond motifs is 1. The molecular weight excluding hydrogens is 288 g/mol. The van der Waals surface area contributed by atoms with Gasteiger partial charge in [0.2, 0.25) is 0 Å². The Balaban J connectivity index is 1.39. The summed E-state index contributed by atoms with van der Waals surface area (Å²) in [7, 11) is 0. The van der Waals surface area contributed by atoms with Crippen molar-refractivity contribution < 1.29 is 4.79 Å². The Hall–Kier alpha value is -1.88. The molecule has 2 aromatic rings. The summed E-state index contributed by atoms with van der Waals surface area (Å²) in [6, 6.07) is 7.71. The van der Waals surface area contributed by atoms with Crippen LogP contribution in [0.5, 0.6) is 0 Å². The van der Waals surface area contributed by atoms with Crippen LogP contribution in [0.1, 0.15) is 43.1 Å². The van der Waals surface area contributed by atoms with Crippen molar-refractivity contribution in [2.75, 3.05) is 26.2 Å². The Kier molecular flexibility index (Phi) is 5.28. The highest BCUT2D eigenvalue weighted by atomic mass is 16.1. The lowest BCUT2D eigenvalue weighted by molar-refractivity contribution is 0.0949. The molecule has 3 rings (SSSR count). The molecule has 1 fully saturated rings. The molecule has 23 heavy (non-hydrogen) atoms. The van der Waals surface area contributed by atoms with Crippen molar-refractivity contribution in [2.45, 2.75) is 32.6 Å². The molecule has 0 radical (unpaired) electrons. The van der Waals surface area contributed by atoms with E-state index in [0.29, 0.717) is 12.2 Å². The topological polar surface area (TPSA) is 61.0 Å². The fourth-order valence-electron chi connectivity index (χ4n) is 3.37. The van der Waals surface area contributed by atoms with Gasteiger partial charge in [-0.1, -0.05) is 25.1 Å². The number of carbonyl (C=O) groups excluding carboxylic acids is 1. The predicted molar refractivity (Wildman–Crippen MR) is 92.5 cm³/mol.